The van der Waals surface area contributed by atoms with Crippen molar-refractivity contribution in [3.05, 3.63) is 34.8 Å². The minimum Gasteiger partial charge on any atom is -0.432 e. The van der Waals surface area contributed by atoms with Gasteiger partial charge < -0.3 is 14.8 Å². The summed E-state index contributed by atoms with van der Waals surface area (Å²) in [5.74, 6) is 0. The molecule has 0 spiro atoms. The van der Waals surface area contributed by atoms with Crippen LogP contribution in [0.4, 0.5) is 10.8 Å². The first-order valence-corrected chi connectivity index (χ1v) is 5.84. The largest absolute Gasteiger partial charge is 0.432 e. The highest BCUT2D eigenvalue weighted by atomic mass is 32.1. The Hall–Kier alpha value is -1.86. The van der Waals surface area contributed by atoms with Gasteiger partial charge in [-0.1, -0.05) is 0 Å². The van der Waals surface area contributed by atoms with E-state index >= 15 is 0 Å². The van der Waals surface area contributed by atoms with Crippen LogP contribution in [-0.4, -0.2) is 22.7 Å². The number of anilines is 1. The number of carbonyl (C=O) groups is 1. The molecule has 1 unspecified atom stereocenters. The molecule has 2 rings (SSSR count). The van der Waals surface area contributed by atoms with Crippen LogP contribution in [0.15, 0.2) is 33.7 Å². The number of oxazole rings is 1. The highest BCUT2D eigenvalue weighted by Gasteiger charge is 2.10. The molecule has 90 valence electrons. The van der Waals surface area contributed by atoms with Crippen LogP contribution in [0, 0.1) is 0 Å². The fraction of sp³-hybridized carbons (Fsp3) is 0.200. The van der Waals surface area contributed by atoms with E-state index < -0.39 is 12.1 Å². The molecule has 3 N–H and O–H groups in total. The number of thiophene rings is 1. The van der Waals surface area contributed by atoms with Crippen molar-refractivity contribution in [3.63, 3.8) is 0 Å². The van der Waals surface area contributed by atoms with Crippen molar-refractivity contribution in [3.8, 4) is 0 Å². The summed E-state index contributed by atoms with van der Waals surface area (Å²) in [5.41, 5.74) is 0.784. The SMILES string of the molecule is O=C(NCC(O)c1ccsc1)Nc1ncco1. The third kappa shape index (κ3) is 3.30. The van der Waals surface area contributed by atoms with Crippen LogP contribution in [-0.2, 0) is 0 Å². The molecule has 0 aromatic carbocycles. The first-order valence-electron chi connectivity index (χ1n) is 4.90. The van der Waals surface area contributed by atoms with Crippen molar-refractivity contribution in [1.29, 1.82) is 0 Å². The molecular formula is C10H11N3O3S. The average molecular weight is 253 g/mol. The lowest BCUT2D eigenvalue weighted by atomic mass is 10.2. The Kier molecular flexibility index (Phi) is 3.73. The summed E-state index contributed by atoms with van der Waals surface area (Å²) in [6, 6.07) is 1.46. The number of aromatic nitrogens is 1. The summed E-state index contributed by atoms with van der Waals surface area (Å²) < 4.78 is 4.84. The van der Waals surface area contributed by atoms with E-state index in [1.54, 1.807) is 0 Å². The van der Waals surface area contributed by atoms with Crippen LogP contribution in [0.2, 0.25) is 0 Å². The first-order chi connectivity index (χ1) is 8.25. The summed E-state index contributed by atoms with van der Waals surface area (Å²) in [6.07, 6.45) is 2.07. The molecule has 0 radical (unpaired) electrons. The quantitative estimate of drug-likeness (QED) is 0.772. The zero-order valence-electron chi connectivity index (χ0n) is 8.79. The number of carbonyl (C=O) groups excluding carboxylic acids is 1. The predicted molar refractivity (Wildman–Crippen MR) is 62.8 cm³/mol. The molecule has 1 atom stereocenters. The maximum atomic E-state index is 11.4. The maximum absolute atomic E-state index is 11.4. The van der Waals surface area contributed by atoms with E-state index in [0.29, 0.717) is 0 Å². The number of amides is 2. The molecule has 2 aromatic heterocycles. The number of hydrogen-bond acceptors (Lipinski definition) is 5. The molecule has 0 bridgehead atoms. The summed E-state index contributed by atoms with van der Waals surface area (Å²) in [6.45, 7) is 0.128. The fourth-order valence-corrected chi connectivity index (χ4v) is 1.91. The minimum absolute atomic E-state index is 0.118. The molecule has 2 aromatic rings. The van der Waals surface area contributed by atoms with Gasteiger partial charge in [-0.25, -0.2) is 9.78 Å². The first kappa shape index (κ1) is 11.6. The molecular weight excluding hydrogens is 242 g/mol. The van der Waals surface area contributed by atoms with E-state index in [2.05, 4.69) is 15.6 Å². The summed E-state index contributed by atoms with van der Waals surface area (Å²) >= 11 is 1.49. The lowest BCUT2D eigenvalue weighted by molar-refractivity contribution is 0.175. The molecule has 0 aliphatic carbocycles. The predicted octanol–water partition coefficient (Wildman–Crippen LogP) is 1.59. The van der Waals surface area contributed by atoms with Crippen molar-refractivity contribution in [1.82, 2.24) is 10.3 Å². The Morgan fingerprint density at radius 3 is 3.18 bits per heavy atom. The topological polar surface area (TPSA) is 87.4 Å². The van der Waals surface area contributed by atoms with Gasteiger partial charge in [0.1, 0.15) is 6.26 Å². The van der Waals surface area contributed by atoms with Crippen molar-refractivity contribution in [2.24, 2.45) is 0 Å². The van der Waals surface area contributed by atoms with E-state index in [4.69, 9.17) is 4.42 Å². The number of urea groups is 1. The van der Waals surface area contributed by atoms with Crippen LogP contribution in [0.5, 0.6) is 0 Å². The highest BCUT2D eigenvalue weighted by molar-refractivity contribution is 7.07. The summed E-state index contributed by atoms with van der Waals surface area (Å²) in [5, 5.41) is 18.3. The standard InChI is InChI=1S/C10H11N3O3S/c14-8(7-1-4-17-6-7)5-12-9(15)13-10-11-2-3-16-10/h1-4,6,8,14H,5H2,(H2,11,12,13,15). The Labute approximate surface area is 101 Å². The number of nitrogens with one attached hydrogen (secondary N) is 2. The van der Waals surface area contributed by atoms with Gasteiger partial charge in [0.15, 0.2) is 0 Å². The maximum Gasteiger partial charge on any atom is 0.322 e. The number of rotatable bonds is 4. The Balaban J connectivity index is 1.76. The highest BCUT2D eigenvalue weighted by Crippen LogP contribution is 2.15. The van der Waals surface area contributed by atoms with Gasteiger partial charge in [0, 0.05) is 6.54 Å². The normalized spacial score (nSPS) is 12.1. The minimum atomic E-state index is -0.712. The molecule has 2 heterocycles. The van der Waals surface area contributed by atoms with Crippen LogP contribution in [0.1, 0.15) is 11.7 Å². The molecule has 0 saturated carbocycles. The molecule has 2 amide bonds. The van der Waals surface area contributed by atoms with Gasteiger partial charge in [0.25, 0.3) is 0 Å². The van der Waals surface area contributed by atoms with E-state index in [0.717, 1.165) is 5.56 Å². The molecule has 0 saturated heterocycles. The zero-order chi connectivity index (χ0) is 12.1. The van der Waals surface area contributed by atoms with Crippen molar-refractivity contribution < 1.29 is 14.3 Å². The Bertz CT molecular complexity index is 455. The van der Waals surface area contributed by atoms with E-state index in [9.17, 15) is 9.90 Å². The van der Waals surface area contributed by atoms with Crippen LogP contribution in [0.25, 0.3) is 0 Å². The summed E-state index contributed by atoms with van der Waals surface area (Å²) in [4.78, 5) is 15.1. The molecule has 0 fully saturated rings. The van der Waals surface area contributed by atoms with Crippen LogP contribution >= 0.6 is 11.3 Å². The zero-order valence-corrected chi connectivity index (χ0v) is 9.61. The van der Waals surface area contributed by atoms with E-state index in [1.165, 1.54) is 23.8 Å². The number of hydrogen-bond donors (Lipinski definition) is 3. The van der Waals surface area contributed by atoms with Gasteiger partial charge in [-0.05, 0) is 22.4 Å². The van der Waals surface area contributed by atoms with Gasteiger partial charge in [-0.3, -0.25) is 5.32 Å². The third-order valence-corrected chi connectivity index (χ3v) is 2.74. The monoisotopic (exact) mass is 253 g/mol. The van der Waals surface area contributed by atoms with Gasteiger partial charge in [-0.15, -0.1) is 0 Å². The van der Waals surface area contributed by atoms with Crippen LogP contribution in [0.3, 0.4) is 0 Å². The van der Waals surface area contributed by atoms with Crippen LogP contribution < -0.4 is 10.6 Å². The second-order valence-corrected chi connectivity index (χ2v) is 4.02. The Morgan fingerprint density at radius 2 is 2.53 bits per heavy atom. The smallest absolute Gasteiger partial charge is 0.322 e. The lowest BCUT2D eigenvalue weighted by Gasteiger charge is -2.10. The second-order valence-electron chi connectivity index (χ2n) is 3.24. The summed E-state index contributed by atoms with van der Waals surface area (Å²) in [7, 11) is 0. The molecule has 0 aliphatic heterocycles. The number of nitrogens with zero attached hydrogens (tertiary/aromatic N) is 1. The average Bonchev–Trinajstić information content (AvgIpc) is 2.97. The van der Waals surface area contributed by atoms with Crippen molar-refractivity contribution in [2.75, 3.05) is 11.9 Å². The molecule has 7 heteroatoms. The number of aliphatic hydroxyl groups is 1. The van der Waals surface area contributed by atoms with Gasteiger partial charge in [-0.2, -0.15) is 11.3 Å². The number of aliphatic hydroxyl groups excluding tert-OH is 1. The van der Waals surface area contributed by atoms with Crippen molar-refractivity contribution in [2.45, 2.75) is 6.10 Å². The van der Waals surface area contributed by atoms with Crippen molar-refractivity contribution >= 4 is 23.4 Å². The third-order valence-electron chi connectivity index (χ3n) is 2.04. The lowest BCUT2D eigenvalue weighted by Crippen LogP contribution is -2.32. The molecule has 0 aliphatic rings. The fourth-order valence-electron chi connectivity index (χ4n) is 1.20. The van der Waals surface area contributed by atoms with Gasteiger partial charge in [0.2, 0.25) is 0 Å². The molecule has 6 nitrogen and oxygen atoms in total. The second kappa shape index (κ2) is 5.46. The van der Waals surface area contributed by atoms with E-state index in [1.807, 2.05) is 16.8 Å². The van der Waals surface area contributed by atoms with E-state index in [-0.39, 0.29) is 12.6 Å². The van der Waals surface area contributed by atoms with Gasteiger partial charge >= 0.3 is 12.0 Å². The molecule has 17 heavy (non-hydrogen) atoms. The Morgan fingerprint density at radius 1 is 1.65 bits per heavy atom. The van der Waals surface area contributed by atoms with Gasteiger partial charge in [0.05, 0.1) is 12.3 Å².